The molecule has 0 radical (unpaired) electrons. The first-order valence-electron chi connectivity index (χ1n) is 18.1. The standard InChI is InChI=1S/C37H34ClF2N9O6/c38-35-41-36(46-9-5-44(6-10-46)29-15-27-21(13-25(29)39)31(50)23(33(52)53)17-48(27)19-1-2-19)43-37(42-35)47-11-7-45(8-12-47)30-16-28-22(14-26(30)40)32(51)24(34(54)55)18-49(28)20-3-4-20/h13-20H,1-12H2,(H,52,53)(H,54,55). The molecule has 2 aliphatic carbocycles. The fourth-order valence-corrected chi connectivity index (χ4v) is 7.87. The summed E-state index contributed by atoms with van der Waals surface area (Å²) >= 11 is 6.40. The predicted molar refractivity (Wildman–Crippen MR) is 200 cm³/mol. The van der Waals surface area contributed by atoms with Gasteiger partial charge in [0.05, 0.1) is 22.4 Å². The first kappa shape index (κ1) is 34.9. The second kappa shape index (κ2) is 13.2. The highest BCUT2D eigenvalue weighted by Gasteiger charge is 2.31. The van der Waals surface area contributed by atoms with Crippen molar-refractivity contribution in [1.29, 1.82) is 0 Å². The molecule has 15 nitrogen and oxygen atoms in total. The van der Waals surface area contributed by atoms with Gasteiger partial charge in [0.2, 0.25) is 28.0 Å². The van der Waals surface area contributed by atoms with Crippen molar-refractivity contribution in [2.75, 3.05) is 72.0 Å². The topological polar surface area (TPSA) is 170 Å². The lowest BCUT2D eigenvalue weighted by atomic mass is 10.1. The van der Waals surface area contributed by atoms with Crippen molar-refractivity contribution in [2.45, 2.75) is 37.8 Å². The molecule has 9 rings (SSSR count). The highest BCUT2D eigenvalue weighted by atomic mass is 35.5. The van der Waals surface area contributed by atoms with Crippen LogP contribution >= 0.6 is 11.6 Å². The summed E-state index contributed by atoms with van der Waals surface area (Å²) in [5.41, 5.74) is -0.536. The number of benzene rings is 2. The molecular weight excluding hydrogens is 740 g/mol. The molecule has 0 amide bonds. The van der Waals surface area contributed by atoms with Crippen molar-refractivity contribution < 1.29 is 28.6 Å². The Kier molecular flexibility index (Phi) is 8.36. The van der Waals surface area contributed by atoms with Gasteiger partial charge in [0.15, 0.2) is 0 Å². The molecule has 5 heterocycles. The summed E-state index contributed by atoms with van der Waals surface area (Å²) in [4.78, 5) is 70.4. The number of piperazine rings is 2. The number of rotatable bonds is 8. The van der Waals surface area contributed by atoms with Crippen LogP contribution in [-0.4, -0.2) is 98.6 Å². The normalized spacial score (nSPS) is 17.7. The molecule has 0 bridgehead atoms. The van der Waals surface area contributed by atoms with Crippen LogP contribution in [0.1, 0.15) is 58.5 Å². The van der Waals surface area contributed by atoms with Crippen LogP contribution < -0.4 is 30.5 Å². The van der Waals surface area contributed by atoms with Gasteiger partial charge >= 0.3 is 11.9 Å². The molecule has 2 aromatic carbocycles. The maximum absolute atomic E-state index is 15.6. The van der Waals surface area contributed by atoms with E-state index in [4.69, 9.17) is 16.6 Å². The van der Waals surface area contributed by atoms with E-state index in [1.54, 1.807) is 21.3 Å². The lowest BCUT2D eigenvalue weighted by Crippen LogP contribution is -2.49. The fraction of sp³-hybridized carbons (Fsp3) is 0.378. The van der Waals surface area contributed by atoms with E-state index in [9.17, 15) is 29.4 Å². The van der Waals surface area contributed by atoms with Crippen molar-refractivity contribution in [1.82, 2.24) is 24.1 Å². The van der Waals surface area contributed by atoms with Crippen LogP contribution in [0.5, 0.6) is 0 Å². The quantitative estimate of drug-likeness (QED) is 0.231. The van der Waals surface area contributed by atoms with Crippen LogP contribution in [0.25, 0.3) is 21.8 Å². The number of hydrogen-bond acceptors (Lipinski definition) is 11. The zero-order valence-electron chi connectivity index (χ0n) is 29.3. The molecule has 4 aliphatic rings. The monoisotopic (exact) mass is 773 g/mol. The molecular formula is C37H34ClF2N9O6. The number of halogens is 3. The molecule has 5 aromatic rings. The van der Waals surface area contributed by atoms with E-state index in [1.165, 1.54) is 12.4 Å². The third kappa shape index (κ3) is 6.25. The van der Waals surface area contributed by atoms with Gasteiger partial charge in [0, 0.05) is 87.6 Å². The van der Waals surface area contributed by atoms with E-state index in [-0.39, 0.29) is 39.3 Å². The Balaban J connectivity index is 0.906. The van der Waals surface area contributed by atoms with E-state index in [0.29, 0.717) is 86.7 Å². The number of pyridine rings is 2. The maximum Gasteiger partial charge on any atom is 0.341 e. The summed E-state index contributed by atoms with van der Waals surface area (Å²) in [7, 11) is 0. The molecule has 2 N–H and O–H groups in total. The van der Waals surface area contributed by atoms with E-state index >= 15 is 8.78 Å². The maximum atomic E-state index is 15.6. The van der Waals surface area contributed by atoms with E-state index < -0.39 is 34.4 Å². The Labute approximate surface area is 315 Å². The number of nitrogens with zero attached hydrogens (tertiary/aromatic N) is 9. The van der Waals surface area contributed by atoms with Crippen LogP contribution in [0, 0.1) is 11.6 Å². The van der Waals surface area contributed by atoms with Gasteiger partial charge in [0.1, 0.15) is 22.8 Å². The second-order valence-corrected chi connectivity index (χ2v) is 14.8. The van der Waals surface area contributed by atoms with E-state index in [0.717, 1.165) is 37.8 Å². The number of carboxylic acids is 2. The Morgan fingerprint density at radius 1 is 0.600 bits per heavy atom. The predicted octanol–water partition coefficient (Wildman–Crippen LogP) is 4.15. The molecule has 2 aliphatic heterocycles. The summed E-state index contributed by atoms with van der Waals surface area (Å²) in [6.45, 7) is 3.35. The van der Waals surface area contributed by atoms with Crippen LogP contribution in [0.4, 0.5) is 32.1 Å². The lowest BCUT2D eigenvalue weighted by molar-refractivity contribution is 0.0684. The smallest absolute Gasteiger partial charge is 0.341 e. The number of aromatic nitrogens is 5. The summed E-state index contributed by atoms with van der Waals surface area (Å²) in [6, 6.07) is 5.67. The fourth-order valence-electron chi connectivity index (χ4n) is 7.72. The van der Waals surface area contributed by atoms with Gasteiger partial charge in [-0.3, -0.25) is 9.59 Å². The highest BCUT2D eigenvalue weighted by molar-refractivity contribution is 6.28. The number of carbonyl (C=O) groups is 2. The molecule has 0 spiro atoms. The van der Waals surface area contributed by atoms with Crippen LogP contribution in [0.15, 0.2) is 46.2 Å². The second-order valence-electron chi connectivity index (χ2n) is 14.4. The lowest BCUT2D eigenvalue weighted by Gasteiger charge is -2.38. The Morgan fingerprint density at radius 2 is 0.964 bits per heavy atom. The third-order valence-electron chi connectivity index (χ3n) is 10.9. The molecule has 0 atom stereocenters. The van der Waals surface area contributed by atoms with Crippen molar-refractivity contribution >= 4 is 68.6 Å². The van der Waals surface area contributed by atoms with Crippen molar-refractivity contribution in [3.8, 4) is 0 Å². The summed E-state index contributed by atoms with van der Waals surface area (Å²) in [5, 5.41) is 19.2. The average Bonchev–Trinajstić information content (AvgIpc) is 4.10. The van der Waals surface area contributed by atoms with Gasteiger partial charge in [-0.1, -0.05) is 0 Å². The summed E-state index contributed by atoms with van der Waals surface area (Å²) in [5.74, 6) is -3.19. The minimum atomic E-state index is -1.34. The Bertz CT molecular complexity index is 2390. The molecule has 2 saturated carbocycles. The van der Waals surface area contributed by atoms with Crippen LogP contribution in [0.3, 0.4) is 0 Å². The SMILES string of the molecule is O=C(O)c1cn(C2CC2)c2cc(N3CCN(c4nc(Cl)nc(N5CCN(c6cc7c(cc6F)c(=O)c(C(=O)O)cn7C6CC6)CC5)n4)CC3)c(F)cc2c1=O. The van der Waals surface area contributed by atoms with Crippen LogP contribution in [-0.2, 0) is 0 Å². The van der Waals surface area contributed by atoms with Gasteiger partial charge in [-0.05, 0) is 61.5 Å². The van der Waals surface area contributed by atoms with E-state index in [2.05, 4.69) is 9.97 Å². The zero-order valence-corrected chi connectivity index (χ0v) is 30.0. The third-order valence-corrected chi connectivity index (χ3v) is 11.1. The number of anilines is 4. The zero-order chi connectivity index (χ0) is 38.3. The molecule has 4 fully saturated rings. The molecule has 2 saturated heterocycles. The van der Waals surface area contributed by atoms with E-state index in [1.807, 2.05) is 19.6 Å². The minimum absolute atomic E-state index is 0.00330. The molecule has 55 heavy (non-hydrogen) atoms. The Hall–Kier alpha value is -5.84. The van der Waals surface area contributed by atoms with Gasteiger partial charge in [-0.25, -0.2) is 18.4 Å². The number of hydrogen-bond donors (Lipinski definition) is 2. The summed E-state index contributed by atoms with van der Waals surface area (Å²) < 4.78 is 34.7. The van der Waals surface area contributed by atoms with Gasteiger partial charge in [0.25, 0.3) is 0 Å². The molecule has 284 valence electrons. The first-order chi connectivity index (χ1) is 26.4. The number of carboxylic acid groups (broad SMARTS) is 2. The largest absolute Gasteiger partial charge is 0.477 e. The molecule has 18 heteroatoms. The highest BCUT2D eigenvalue weighted by Crippen LogP contribution is 2.39. The minimum Gasteiger partial charge on any atom is -0.477 e. The van der Waals surface area contributed by atoms with Gasteiger partial charge in [-0.15, -0.1) is 0 Å². The van der Waals surface area contributed by atoms with Crippen molar-refractivity contribution in [2.24, 2.45) is 0 Å². The molecule has 3 aromatic heterocycles. The number of aromatic carboxylic acids is 2. The van der Waals surface area contributed by atoms with Crippen molar-refractivity contribution in [3.63, 3.8) is 0 Å². The van der Waals surface area contributed by atoms with Gasteiger partial charge in [-0.2, -0.15) is 15.0 Å². The van der Waals surface area contributed by atoms with Crippen LogP contribution in [0.2, 0.25) is 5.28 Å². The summed E-state index contributed by atoms with van der Waals surface area (Å²) in [6.07, 6.45) is 6.12. The van der Waals surface area contributed by atoms with Gasteiger partial charge < -0.3 is 38.9 Å². The van der Waals surface area contributed by atoms with Crippen molar-refractivity contribution in [3.05, 3.63) is 85.2 Å². The molecule has 0 unspecified atom stereocenters. The Morgan fingerprint density at radius 3 is 1.31 bits per heavy atom. The average molecular weight is 774 g/mol. The first-order valence-corrected chi connectivity index (χ1v) is 18.5. The number of fused-ring (bicyclic) bond motifs is 2.